The number of hydrogen-bond donors (Lipinski definition) is 1. The molecule has 0 spiro atoms. The smallest absolute Gasteiger partial charge is 0.321 e. The van der Waals surface area contributed by atoms with Crippen LogP contribution in [0.25, 0.3) is 0 Å². The average Bonchev–Trinajstić information content (AvgIpc) is 2.73. The molecule has 1 aliphatic heterocycles. The highest BCUT2D eigenvalue weighted by Crippen LogP contribution is 2.17. The Morgan fingerprint density at radius 1 is 1.07 bits per heavy atom. The van der Waals surface area contributed by atoms with Crippen LogP contribution in [-0.4, -0.2) is 55.7 Å². The van der Waals surface area contributed by atoms with Crippen molar-refractivity contribution in [2.75, 3.05) is 45.2 Å². The van der Waals surface area contributed by atoms with E-state index in [2.05, 4.69) is 35.3 Å². The molecule has 0 radical (unpaired) electrons. The maximum absolute atomic E-state index is 12.6. The molecule has 0 unspecified atom stereocenters. The summed E-state index contributed by atoms with van der Waals surface area (Å²) in [4.78, 5) is 16.9. The Kier molecular flexibility index (Phi) is 6.71. The number of rotatable bonds is 6. The van der Waals surface area contributed by atoms with E-state index in [-0.39, 0.29) is 6.03 Å². The van der Waals surface area contributed by atoms with E-state index in [0.717, 1.165) is 57.0 Å². The fraction of sp³-hybridized carbons (Fsp3) is 0.409. The Labute approximate surface area is 161 Å². The molecule has 5 heteroatoms. The van der Waals surface area contributed by atoms with Gasteiger partial charge in [-0.1, -0.05) is 37.3 Å². The number of anilines is 1. The van der Waals surface area contributed by atoms with Gasteiger partial charge in [0.1, 0.15) is 5.75 Å². The van der Waals surface area contributed by atoms with Crippen LogP contribution in [0, 0.1) is 0 Å². The Morgan fingerprint density at radius 3 is 2.59 bits per heavy atom. The van der Waals surface area contributed by atoms with Crippen molar-refractivity contribution in [3.05, 3.63) is 59.7 Å². The molecule has 1 N–H and O–H groups in total. The summed E-state index contributed by atoms with van der Waals surface area (Å²) in [5, 5.41) is 3.07. The number of amides is 2. The molecule has 3 rings (SSSR count). The molecule has 2 amide bonds. The molecule has 1 aliphatic rings. The first-order valence-corrected chi connectivity index (χ1v) is 9.68. The first-order valence-electron chi connectivity index (χ1n) is 9.68. The molecule has 144 valence electrons. The van der Waals surface area contributed by atoms with Crippen LogP contribution in [0.1, 0.15) is 18.1 Å². The largest absolute Gasteiger partial charge is 0.497 e. The summed E-state index contributed by atoms with van der Waals surface area (Å²) >= 11 is 0. The van der Waals surface area contributed by atoms with E-state index in [1.807, 2.05) is 35.2 Å². The maximum atomic E-state index is 12.6. The molecule has 0 aromatic heterocycles. The topological polar surface area (TPSA) is 44.8 Å². The summed E-state index contributed by atoms with van der Waals surface area (Å²) in [7, 11) is 1.70. The number of benzene rings is 2. The van der Waals surface area contributed by atoms with Gasteiger partial charge in [-0.15, -0.1) is 0 Å². The third-order valence-corrected chi connectivity index (χ3v) is 5.15. The lowest BCUT2D eigenvalue weighted by atomic mass is 10.1. The minimum atomic E-state index is 0.00310. The normalized spacial score (nSPS) is 14.8. The Balaban J connectivity index is 1.46. The number of nitrogens with zero attached hydrogens (tertiary/aromatic N) is 2. The SMILES string of the molecule is CCc1ccccc1NC(=O)N1CCN(CCc2cccc(OC)c2)CC1. The van der Waals surface area contributed by atoms with Gasteiger partial charge < -0.3 is 15.0 Å². The lowest BCUT2D eigenvalue weighted by Gasteiger charge is -2.34. The predicted molar refractivity (Wildman–Crippen MR) is 110 cm³/mol. The molecule has 1 heterocycles. The number of para-hydroxylation sites is 1. The summed E-state index contributed by atoms with van der Waals surface area (Å²) in [5.74, 6) is 0.904. The van der Waals surface area contributed by atoms with Gasteiger partial charge in [-0.25, -0.2) is 4.79 Å². The number of piperazine rings is 1. The highest BCUT2D eigenvalue weighted by molar-refractivity contribution is 5.90. The van der Waals surface area contributed by atoms with Crippen LogP contribution in [-0.2, 0) is 12.8 Å². The number of methoxy groups -OCH3 is 1. The second-order valence-electron chi connectivity index (χ2n) is 6.87. The Bertz CT molecular complexity index is 755. The van der Waals surface area contributed by atoms with Crippen LogP contribution in [0.5, 0.6) is 5.75 Å². The van der Waals surface area contributed by atoms with Crippen molar-refractivity contribution < 1.29 is 9.53 Å². The molecule has 0 atom stereocenters. The van der Waals surface area contributed by atoms with Crippen LogP contribution in [0.3, 0.4) is 0 Å². The molecule has 2 aromatic rings. The molecule has 5 nitrogen and oxygen atoms in total. The third kappa shape index (κ3) is 5.23. The molecular formula is C22H29N3O2. The summed E-state index contributed by atoms with van der Waals surface area (Å²) < 4.78 is 5.29. The van der Waals surface area contributed by atoms with Gasteiger partial charge in [-0.2, -0.15) is 0 Å². The lowest BCUT2D eigenvalue weighted by Crippen LogP contribution is -2.50. The Morgan fingerprint density at radius 2 is 1.85 bits per heavy atom. The number of carbonyl (C=O) groups excluding carboxylic acids is 1. The van der Waals surface area contributed by atoms with E-state index >= 15 is 0 Å². The van der Waals surface area contributed by atoms with Crippen LogP contribution in [0.15, 0.2) is 48.5 Å². The number of aryl methyl sites for hydroxylation is 1. The molecule has 0 bridgehead atoms. The molecule has 0 aliphatic carbocycles. The van der Waals surface area contributed by atoms with Crippen molar-refractivity contribution in [2.45, 2.75) is 19.8 Å². The van der Waals surface area contributed by atoms with Crippen LogP contribution in [0.2, 0.25) is 0 Å². The molecule has 2 aromatic carbocycles. The van der Waals surface area contributed by atoms with E-state index in [1.54, 1.807) is 7.11 Å². The molecule has 27 heavy (non-hydrogen) atoms. The monoisotopic (exact) mass is 367 g/mol. The van der Waals surface area contributed by atoms with Crippen molar-refractivity contribution in [3.8, 4) is 5.75 Å². The average molecular weight is 367 g/mol. The van der Waals surface area contributed by atoms with Crippen molar-refractivity contribution in [3.63, 3.8) is 0 Å². The van der Waals surface area contributed by atoms with E-state index < -0.39 is 0 Å². The number of urea groups is 1. The lowest BCUT2D eigenvalue weighted by molar-refractivity contribution is 0.148. The maximum Gasteiger partial charge on any atom is 0.321 e. The number of carbonyl (C=O) groups is 1. The first kappa shape index (κ1) is 19.2. The fourth-order valence-electron chi connectivity index (χ4n) is 3.43. The molecule has 0 saturated carbocycles. The highest BCUT2D eigenvalue weighted by Gasteiger charge is 2.21. The zero-order valence-corrected chi connectivity index (χ0v) is 16.3. The fourth-order valence-corrected chi connectivity index (χ4v) is 3.43. The first-order chi connectivity index (χ1) is 13.2. The number of nitrogens with one attached hydrogen (secondary N) is 1. The number of hydrogen-bond acceptors (Lipinski definition) is 3. The van der Waals surface area contributed by atoms with Crippen molar-refractivity contribution in [1.29, 1.82) is 0 Å². The Hall–Kier alpha value is -2.53. The van der Waals surface area contributed by atoms with Crippen LogP contribution >= 0.6 is 0 Å². The highest BCUT2D eigenvalue weighted by atomic mass is 16.5. The quantitative estimate of drug-likeness (QED) is 0.848. The van der Waals surface area contributed by atoms with Gasteiger partial charge >= 0.3 is 6.03 Å². The van der Waals surface area contributed by atoms with E-state index in [0.29, 0.717) is 0 Å². The van der Waals surface area contributed by atoms with Gasteiger partial charge in [-0.3, -0.25) is 4.90 Å². The number of ether oxygens (including phenoxy) is 1. The van der Waals surface area contributed by atoms with Gasteiger partial charge in [0.25, 0.3) is 0 Å². The second kappa shape index (κ2) is 9.42. The standard InChI is InChI=1S/C22H29N3O2/c1-3-19-8-4-5-10-21(19)23-22(26)25-15-13-24(14-16-25)12-11-18-7-6-9-20(17-18)27-2/h4-10,17H,3,11-16H2,1-2H3,(H,23,26). The third-order valence-electron chi connectivity index (χ3n) is 5.15. The van der Waals surface area contributed by atoms with Crippen molar-refractivity contribution >= 4 is 11.7 Å². The van der Waals surface area contributed by atoms with Crippen LogP contribution in [0.4, 0.5) is 10.5 Å². The summed E-state index contributed by atoms with van der Waals surface area (Å²) in [5.41, 5.74) is 3.37. The van der Waals surface area contributed by atoms with Crippen molar-refractivity contribution in [1.82, 2.24) is 9.80 Å². The van der Waals surface area contributed by atoms with Crippen LogP contribution < -0.4 is 10.1 Å². The van der Waals surface area contributed by atoms with Gasteiger partial charge in [0.15, 0.2) is 0 Å². The predicted octanol–water partition coefficient (Wildman–Crippen LogP) is 3.65. The van der Waals surface area contributed by atoms with E-state index in [1.165, 1.54) is 11.1 Å². The van der Waals surface area contributed by atoms with E-state index in [9.17, 15) is 4.79 Å². The summed E-state index contributed by atoms with van der Waals surface area (Å²) in [6, 6.07) is 16.2. The second-order valence-corrected chi connectivity index (χ2v) is 6.87. The van der Waals surface area contributed by atoms with Gasteiger partial charge in [0.05, 0.1) is 7.11 Å². The van der Waals surface area contributed by atoms with E-state index in [4.69, 9.17) is 4.74 Å². The summed E-state index contributed by atoms with van der Waals surface area (Å²) in [6.45, 7) is 6.45. The van der Waals surface area contributed by atoms with Gasteiger partial charge in [-0.05, 0) is 42.2 Å². The van der Waals surface area contributed by atoms with Crippen molar-refractivity contribution in [2.24, 2.45) is 0 Å². The zero-order chi connectivity index (χ0) is 19.1. The molecular weight excluding hydrogens is 338 g/mol. The minimum Gasteiger partial charge on any atom is -0.497 e. The molecule has 1 saturated heterocycles. The van der Waals surface area contributed by atoms with Gasteiger partial charge in [0, 0.05) is 38.4 Å². The van der Waals surface area contributed by atoms with Gasteiger partial charge in [0.2, 0.25) is 0 Å². The minimum absolute atomic E-state index is 0.00310. The molecule has 1 fully saturated rings. The zero-order valence-electron chi connectivity index (χ0n) is 16.3. The summed E-state index contributed by atoms with van der Waals surface area (Å²) in [6.07, 6.45) is 1.90.